The van der Waals surface area contributed by atoms with E-state index < -0.39 is 6.09 Å². The normalized spacial score (nSPS) is 14.7. The average Bonchev–Trinajstić information content (AvgIpc) is 2.40. The zero-order valence-corrected chi connectivity index (χ0v) is 13.5. The fraction of sp³-hybridized carbons (Fsp3) is 0.357. The van der Waals surface area contributed by atoms with Gasteiger partial charge in [-0.25, -0.2) is 4.79 Å². The molecule has 4 nitrogen and oxygen atoms in total. The first-order valence-corrected chi connectivity index (χ1v) is 5.98. The summed E-state index contributed by atoms with van der Waals surface area (Å²) in [6.45, 7) is 1.06. The molecule has 0 spiro atoms. The molecule has 1 aliphatic rings. The van der Waals surface area contributed by atoms with E-state index in [1.54, 1.807) is 0 Å². The first kappa shape index (κ1) is 16.2. The van der Waals surface area contributed by atoms with Crippen LogP contribution >= 0.6 is 0 Å². The largest absolute Gasteiger partial charge is 0.542 e. The molecule has 1 fully saturated rings. The van der Waals surface area contributed by atoms with Crippen molar-refractivity contribution in [3.63, 3.8) is 0 Å². The molecule has 0 aromatic heterocycles. The van der Waals surface area contributed by atoms with Crippen molar-refractivity contribution < 1.29 is 47.4 Å². The Labute approximate surface area is 138 Å². The summed E-state index contributed by atoms with van der Waals surface area (Å²) in [5.74, 6) is 1.23. The van der Waals surface area contributed by atoms with Gasteiger partial charge >= 0.3 is 6.09 Å². The molecule has 1 heterocycles. The Hall–Kier alpha value is -0.866. The number of piperidine rings is 1. The number of rotatable bonds is 3. The summed E-state index contributed by atoms with van der Waals surface area (Å²) in [4.78, 5) is 22.8. The van der Waals surface area contributed by atoms with E-state index in [0.29, 0.717) is 19.5 Å². The molecule has 2 rings (SSSR count). The third kappa shape index (κ3) is 4.05. The second kappa shape index (κ2) is 7.66. The van der Waals surface area contributed by atoms with Gasteiger partial charge in [0.25, 0.3) is 0 Å². The summed E-state index contributed by atoms with van der Waals surface area (Å²) in [5.41, 5.74) is 2.07. The maximum atomic E-state index is 10.8. The number of nitrogens with zero attached hydrogens (tertiary/aromatic N) is 1. The van der Waals surface area contributed by atoms with Gasteiger partial charge in [0.05, 0.1) is 0 Å². The predicted octanol–water partition coefficient (Wildman–Crippen LogP) is 2.03. The molecule has 0 saturated carbocycles. The molecule has 1 saturated heterocycles. The Balaban J connectivity index is 0.00000180. The van der Waals surface area contributed by atoms with E-state index in [9.17, 15) is 9.59 Å². The summed E-state index contributed by atoms with van der Waals surface area (Å²) in [5, 5.41) is 8.90. The van der Waals surface area contributed by atoms with Crippen LogP contribution < -0.4 is 0 Å². The van der Waals surface area contributed by atoms with Crippen molar-refractivity contribution in [2.75, 3.05) is 13.1 Å². The van der Waals surface area contributed by atoms with Crippen molar-refractivity contribution in [3.8, 4) is 0 Å². The third-order valence-electron chi connectivity index (χ3n) is 3.30. The molecule has 19 heavy (non-hydrogen) atoms. The van der Waals surface area contributed by atoms with E-state index in [4.69, 9.17) is 5.11 Å². The zero-order chi connectivity index (χ0) is 13.0. The molecule has 0 unspecified atom stereocenters. The smallest absolute Gasteiger partial charge is 0.407 e. The first-order valence-electron chi connectivity index (χ1n) is 5.98. The maximum absolute atomic E-state index is 10.8. The van der Waals surface area contributed by atoms with Gasteiger partial charge in [-0.3, -0.25) is 6.29 Å². The standard InChI is InChI=1S/C14H15NO3.Y/c16-10-7-11-3-1-2-4-13(11)12-5-8-15(9-6-12)14(17)18;/h1-4H,5-9H2,(H,17,18);/q-2;. The van der Waals surface area contributed by atoms with E-state index in [2.05, 4.69) is 0 Å². The Bertz CT molecular complexity index is 442. The second-order valence-corrected chi connectivity index (χ2v) is 4.35. The summed E-state index contributed by atoms with van der Waals surface area (Å²) < 4.78 is 0. The van der Waals surface area contributed by atoms with Crippen LogP contribution in [-0.4, -0.2) is 35.5 Å². The summed E-state index contributed by atoms with van der Waals surface area (Å²) in [6, 6.07) is 7.78. The van der Waals surface area contributed by atoms with Crippen molar-refractivity contribution in [2.45, 2.75) is 19.3 Å². The van der Waals surface area contributed by atoms with Crippen LogP contribution in [0.4, 0.5) is 4.79 Å². The number of carboxylic acid groups (broad SMARTS) is 1. The number of amides is 1. The fourth-order valence-corrected chi connectivity index (χ4v) is 2.33. The van der Waals surface area contributed by atoms with Crippen LogP contribution in [0.1, 0.15) is 24.0 Å². The Kier molecular flexibility index (Phi) is 6.52. The number of benzene rings is 1. The average molecular weight is 334 g/mol. The maximum Gasteiger partial charge on any atom is 0.407 e. The molecule has 1 aliphatic heterocycles. The Morgan fingerprint density at radius 1 is 1.32 bits per heavy atom. The van der Waals surface area contributed by atoms with Gasteiger partial charge < -0.3 is 14.8 Å². The summed E-state index contributed by atoms with van der Waals surface area (Å²) in [7, 11) is 0. The summed E-state index contributed by atoms with van der Waals surface area (Å²) >= 11 is 0. The molecule has 1 N–H and O–H groups in total. The zero-order valence-electron chi connectivity index (χ0n) is 10.6. The quantitative estimate of drug-likeness (QED) is 0.861. The van der Waals surface area contributed by atoms with Gasteiger partial charge in [-0.1, -0.05) is 18.9 Å². The number of hydrogen-bond acceptors (Lipinski definition) is 2. The molecule has 0 aliphatic carbocycles. The molecule has 0 bridgehead atoms. The van der Waals surface area contributed by atoms with E-state index in [0.717, 1.165) is 24.0 Å². The fourth-order valence-electron chi connectivity index (χ4n) is 2.33. The van der Waals surface area contributed by atoms with Gasteiger partial charge in [-0.05, 0) is 0 Å². The van der Waals surface area contributed by atoms with Crippen LogP contribution in [0.2, 0.25) is 0 Å². The SMILES string of the molecule is O=[C-]Cc1ccccc1[C-]1CCN(C(=O)O)CC1.[Y]. The van der Waals surface area contributed by atoms with Gasteiger partial charge in [-0.2, -0.15) is 29.5 Å². The van der Waals surface area contributed by atoms with Crippen molar-refractivity contribution in [3.05, 3.63) is 41.3 Å². The van der Waals surface area contributed by atoms with Crippen LogP contribution in [0.15, 0.2) is 24.3 Å². The monoisotopic (exact) mass is 334 g/mol. The van der Waals surface area contributed by atoms with Gasteiger partial charge in [-0.15, -0.1) is 12.1 Å². The first-order chi connectivity index (χ1) is 8.72. The molecule has 1 aromatic rings. The van der Waals surface area contributed by atoms with E-state index in [1.807, 2.05) is 30.6 Å². The Morgan fingerprint density at radius 2 is 1.95 bits per heavy atom. The summed E-state index contributed by atoms with van der Waals surface area (Å²) in [6.07, 6.45) is 2.84. The molecule has 1 radical (unpaired) electrons. The third-order valence-corrected chi connectivity index (χ3v) is 3.30. The molecular weight excluding hydrogens is 319 g/mol. The van der Waals surface area contributed by atoms with E-state index in [1.165, 1.54) is 10.8 Å². The van der Waals surface area contributed by atoms with Gasteiger partial charge in [0.1, 0.15) is 0 Å². The molecule has 1 aromatic carbocycles. The molecule has 0 atom stereocenters. The predicted molar refractivity (Wildman–Crippen MR) is 67.0 cm³/mol. The number of carbonyl (C=O) groups excluding carboxylic acids is 1. The Morgan fingerprint density at radius 3 is 2.53 bits per heavy atom. The molecule has 99 valence electrons. The number of likely N-dealkylation sites (tertiary alicyclic amines) is 1. The minimum absolute atomic E-state index is 0. The minimum Gasteiger partial charge on any atom is -0.542 e. The molecule has 1 amide bonds. The molecule has 5 heteroatoms. The second-order valence-electron chi connectivity index (χ2n) is 4.35. The van der Waals surface area contributed by atoms with Crippen LogP contribution in [0, 0.1) is 5.92 Å². The van der Waals surface area contributed by atoms with Crippen LogP contribution in [0.3, 0.4) is 0 Å². The van der Waals surface area contributed by atoms with Gasteiger partial charge in [0.15, 0.2) is 0 Å². The minimum atomic E-state index is -0.858. The van der Waals surface area contributed by atoms with E-state index >= 15 is 0 Å². The topological polar surface area (TPSA) is 57.6 Å². The van der Waals surface area contributed by atoms with E-state index in [-0.39, 0.29) is 32.7 Å². The van der Waals surface area contributed by atoms with Gasteiger partial charge in [0, 0.05) is 45.8 Å². The number of hydrogen-bond donors (Lipinski definition) is 1. The number of carbonyl (C=O) groups is 1. The molecular formula is C14H15NO3Y-2. The van der Waals surface area contributed by atoms with Crippen LogP contribution in [0.25, 0.3) is 0 Å². The van der Waals surface area contributed by atoms with Crippen molar-refractivity contribution in [1.29, 1.82) is 0 Å². The van der Waals surface area contributed by atoms with Crippen molar-refractivity contribution >= 4 is 12.4 Å². The van der Waals surface area contributed by atoms with Crippen molar-refractivity contribution in [1.82, 2.24) is 4.90 Å². The van der Waals surface area contributed by atoms with Crippen LogP contribution in [-0.2, 0) is 43.9 Å². The van der Waals surface area contributed by atoms with Crippen molar-refractivity contribution in [2.24, 2.45) is 0 Å². The van der Waals surface area contributed by atoms with Crippen LogP contribution in [0.5, 0.6) is 0 Å². The van der Waals surface area contributed by atoms with Gasteiger partial charge in [0.2, 0.25) is 0 Å².